The summed E-state index contributed by atoms with van der Waals surface area (Å²) in [7, 11) is 1.45. The van der Waals surface area contributed by atoms with Gasteiger partial charge in [-0.1, -0.05) is 0 Å². The first-order valence-electron chi connectivity index (χ1n) is 5.31. The van der Waals surface area contributed by atoms with Gasteiger partial charge in [0.05, 0.1) is 0 Å². The quantitative estimate of drug-likeness (QED) is 0.526. The number of hydrogen-bond acceptors (Lipinski definition) is 5. The van der Waals surface area contributed by atoms with E-state index in [0.717, 1.165) is 26.2 Å². The number of alkyl halides is 3. The highest BCUT2D eigenvalue weighted by molar-refractivity contribution is 5.75. The number of nitrogens with zero attached hydrogens (tertiary/aromatic N) is 1. The Morgan fingerprint density at radius 3 is 2.53 bits per heavy atom. The Labute approximate surface area is 97.3 Å². The summed E-state index contributed by atoms with van der Waals surface area (Å²) in [5.41, 5.74) is 0. The van der Waals surface area contributed by atoms with Crippen LogP contribution in [-0.2, 0) is 9.53 Å². The van der Waals surface area contributed by atoms with E-state index in [2.05, 4.69) is 15.4 Å². The zero-order chi connectivity index (χ0) is 12.9. The lowest BCUT2D eigenvalue weighted by Gasteiger charge is -2.30. The first-order valence-corrected chi connectivity index (χ1v) is 5.31. The number of carbonyl (C=O) groups excluding carboxylic acids is 1. The Kier molecular flexibility index (Phi) is 5.16. The molecule has 100 valence electrons. The number of carbonyl (C=O) groups is 1. The third-order valence-electron chi connectivity index (χ3n) is 2.44. The van der Waals surface area contributed by atoms with Crippen LogP contribution in [0.2, 0.25) is 0 Å². The lowest BCUT2D eigenvalue weighted by Crippen LogP contribution is -2.50. The number of esters is 1. The van der Waals surface area contributed by atoms with E-state index >= 15 is 0 Å². The molecule has 17 heavy (non-hydrogen) atoms. The summed E-state index contributed by atoms with van der Waals surface area (Å²) in [4.78, 5) is 12.6. The molecule has 1 fully saturated rings. The Morgan fingerprint density at radius 1 is 1.47 bits per heavy atom. The molecule has 8 heteroatoms. The topological polar surface area (TPSA) is 53.6 Å². The van der Waals surface area contributed by atoms with Crippen LogP contribution < -0.4 is 10.6 Å². The number of likely N-dealkylation sites (N-methyl/N-ethyl adjacent to an activating group) is 1. The highest BCUT2D eigenvalue weighted by atomic mass is 19.4. The molecule has 0 aromatic carbocycles. The number of halogens is 3. The molecule has 0 radical (unpaired) electrons. The zero-order valence-electron chi connectivity index (χ0n) is 9.51. The standard InChI is InChI=1S/C9H16F3N3O2/c1-13-7(17-8(16)9(10,11)12)6-15-4-2-14-3-5-15/h7,13-14H,2-6H2,1H3. The van der Waals surface area contributed by atoms with Crippen LogP contribution in [0.25, 0.3) is 0 Å². The second-order valence-electron chi connectivity index (χ2n) is 3.73. The summed E-state index contributed by atoms with van der Waals surface area (Å²) in [6.07, 6.45) is -5.89. The van der Waals surface area contributed by atoms with E-state index in [0.29, 0.717) is 0 Å². The average Bonchev–Trinajstić information content (AvgIpc) is 2.28. The maximum atomic E-state index is 12.0. The van der Waals surface area contributed by atoms with E-state index < -0.39 is 18.4 Å². The predicted octanol–water partition coefficient (Wildman–Crippen LogP) is -0.457. The Balaban J connectivity index is 2.40. The Hall–Kier alpha value is -0.860. The number of hydrogen-bond donors (Lipinski definition) is 2. The zero-order valence-corrected chi connectivity index (χ0v) is 9.51. The molecule has 0 amide bonds. The molecule has 0 aromatic rings. The molecule has 0 spiro atoms. The minimum Gasteiger partial charge on any atom is -0.439 e. The van der Waals surface area contributed by atoms with Crippen molar-refractivity contribution < 1.29 is 22.7 Å². The summed E-state index contributed by atoms with van der Waals surface area (Å²) >= 11 is 0. The number of nitrogens with one attached hydrogen (secondary N) is 2. The van der Waals surface area contributed by atoms with Crippen LogP contribution >= 0.6 is 0 Å². The van der Waals surface area contributed by atoms with Crippen molar-refractivity contribution in [2.75, 3.05) is 39.8 Å². The summed E-state index contributed by atoms with van der Waals surface area (Å²) in [6.45, 7) is 3.26. The van der Waals surface area contributed by atoms with Gasteiger partial charge in [0.1, 0.15) is 0 Å². The molecule has 1 unspecified atom stereocenters. The van der Waals surface area contributed by atoms with Gasteiger partial charge >= 0.3 is 12.1 Å². The highest BCUT2D eigenvalue weighted by Gasteiger charge is 2.42. The first-order chi connectivity index (χ1) is 7.93. The fourth-order valence-corrected chi connectivity index (χ4v) is 1.51. The van der Waals surface area contributed by atoms with Gasteiger partial charge in [0.15, 0.2) is 6.23 Å². The first kappa shape index (κ1) is 14.2. The van der Waals surface area contributed by atoms with Gasteiger partial charge in [-0.2, -0.15) is 13.2 Å². The minimum absolute atomic E-state index is 0.250. The van der Waals surface area contributed by atoms with Crippen LogP contribution in [0.1, 0.15) is 0 Å². The molecule has 1 heterocycles. The van der Waals surface area contributed by atoms with Crippen molar-refractivity contribution in [3.8, 4) is 0 Å². The molecule has 1 rings (SSSR count). The van der Waals surface area contributed by atoms with E-state index in [1.54, 1.807) is 0 Å². The molecule has 5 nitrogen and oxygen atoms in total. The molecule has 0 saturated carbocycles. The van der Waals surface area contributed by atoms with Gasteiger partial charge < -0.3 is 10.1 Å². The SMILES string of the molecule is CNC(CN1CCNCC1)OC(=O)C(F)(F)F. The van der Waals surface area contributed by atoms with Crippen LogP contribution in [0.5, 0.6) is 0 Å². The molecule has 1 saturated heterocycles. The highest BCUT2D eigenvalue weighted by Crippen LogP contribution is 2.17. The molecule has 0 bridgehead atoms. The molecule has 0 aliphatic carbocycles. The lowest BCUT2D eigenvalue weighted by atomic mass is 10.3. The molecular formula is C9H16F3N3O2. The van der Waals surface area contributed by atoms with Crippen LogP contribution in [0.4, 0.5) is 13.2 Å². The van der Waals surface area contributed by atoms with Crippen molar-refractivity contribution >= 4 is 5.97 Å². The maximum Gasteiger partial charge on any atom is 0.490 e. The van der Waals surface area contributed by atoms with Crippen LogP contribution in [0, 0.1) is 0 Å². The fraction of sp³-hybridized carbons (Fsp3) is 0.889. The third kappa shape index (κ3) is 4.88. The molecule has 2 N–H and O–H groups in total. The van der Waals surface area contributed by atoms with Gasteiger partial charge in [-0.15, -0.1) is 0 Å². The largest absolute Gasteiger partial charge is 0.490 e. The van der Waals surface area contributed by atoms with Crippen LogP contribution in [0.3, 0.4) is 0 Å². The van der Waals surface area contributed by atoms with Gasteiger partial charge in [0.25, 0.3) is 0 Å². The molecule has 1 aliphatic heterocycles. The van der Waals surface area contributed by atoms with Gasteiger partial charge in [0, 0.05) is 32.7 Å². The van der Waals surface area contributed by atoms with E-state index in [9.17, 15) is 18.0 Å². The van der Waals surface area contributed by atoms with Gasteiger partial charge in [-0.25, -0.2) is 4.79 Å². The summed E-state index contributed by atoms with van der Waals surface area (Å²) < 4.78 is 40.3. The monoisotopic (exact) mass is 255 g/mol. The number of ether oxygens (including phenoxy) is 1. The lowest BCUT2D eigenvalue weighted by molar-refractivity contribution is -0.206. The maximum absolute atomic E-state index is 12.0. The smallest absolute Gasteiger partial charge is 0.439 e. The molecular weight excluding hydrogens is 239 g/mol. The third-order valence-corrected chi connectivity index (χ3v) is 2.44. The summed E-state index contributed by atoms with van der Waals surface area (Å²) in [5, 5.41) is 5.67. The van der Waals surface area contributed by atoms with Crippen molar-refractivity contribution in [2.24, 2.45) is 0 Å². The van der Waals surface area contributed by atoms with Crippen LogP contribution in [0.15, 0.2) is 0 Å². The van der Waals surface area contributed by atoms with Gasteiger partial charge in [0.2, 0.25) is 0 Å². The van der Waals surface area contributed by atoms with Crippen molar-refractivity contribution in [2.45, 2.75) is 12.4 Å². The number of piperazine rings is 1. The molecule has 1 atom stereocenters. The minimum atomic E-state index is -4.95. The molecule has 0 aromatic heterocycles. The van der Waals surface area contributed by atoms with Crippen LogP contribution in [-0.4, -0.2) is 63.0 Å². The number of rotatable bonds is 4. The second kappa shape index (κ2) is 6.18. The Bertz CT molecular complexity index is 254. The van der Waals surface area contributed by atoms with Crippen molar-refractivity contribution in [3.05, 3.63) is 0 Å². The van der Waals surface area contributed by atoms with Gasteiger partial charge in [-0.05, 0) is 7.05 Å². The second-order valence-corrected chi connectivity index (χ2v) is 3.73. The van der Waals surface area contributed by atoms with Crippen molar-refractivity contribution in [3.63, 3.8) is 0 Å². The normalized spacial score (nSPS) is 20.0. The summed E-state index contributed by atoms with van der Waals surface area (Å²) in [6, 6.07) is 0. The van der Waals surface area contributed by atoms with E-state index in [-0.39, 0.29) is 6.54 Å². The van der Waals surface area contributed by atoms with Gasteiger partial charge in [-0.3, -0.25) is 10.2 Å². The van der Waals surface area contributed by atoms with E-state index in [1.807, 2.05) is 4.90 Å². The van der Waals surface area contributed by atoms with Crippen molar-refractivity contribution in [1.29, 1.82) is 0 Å². The molecule has 1 aliphatic rings. The average molecular weight is 255 g/mol. The predicted molar refractivity (Wildman–Crippen MR) is 54.3 cm³/mol. The van der Waals surface area contributed by atoms with E-state index in [1.165, 1.54) is 7.05 Å². The van der Waals surface area contributed by atoms with Crippen molar-refractivity contribution in [1.82, 2.24) is 15.5 Å². The fourth-order valence-electron chi connectivity index (χ4n) is 1.51. The Morgan fingerprint density at radius 2 is 2.06 bits per heavy atom. The summed E-state index contributed by atoms with van der Waals surface area (Å²) in [5.74, 6) is -2.16. The van der Waals surface area contributed by atoms with E-state index in [4.69, 9.17) is 0 Å².